The fourth-order valence-corrected chi connectivity index (χ4v) is 3.05. The Balaban J connectivity index is 2.05. The van der Waals surface area contributed by atoms with E-state index in [9.17, 15) is 0 Å². The molecular formula is C17H25N3. The van der Waals surface area contributed by atoms with Crippen LogP contribution in [0.15, 0.2) is 48.0 Å². The number of hydrogen-bond donors (Lipinski definition) is 2. The minimum atomic E-state index is 0.257. The van der Waals surface area contributed by atoms with Gasteiger partial charge in [-0.1, -0.05) is 49.2 Å². The van der Waals surface area contributed by atoms with Gasteiger partial charge in [0, 0.05) is 25.6 Å². The quantitative estimate of drug-likeness (QED) is 0.491. The van der Waals surface area contributed by atoms with Gasteiger partial charge in [-0.2, -0.15) is 0 Å². The van der Waals surface area contributed by atoms with Crippen LogP contribution in [-0.2, 0) is 5.41 Å². The van der Waals surface area contributed by atoms with Crippen LogP contribution in [0.25, 0.3) is 0 Å². The molecule has 1 aromatic rings. The summed E-state index contributed by atoms with van der Waals surface area (Å²) < 4.78 is 0. The topological polar surface area (TPSA) is 36.4 Å². The Morgan fingerprint density at radius 1 is 1.25 bits per heavy atom. The molecular weight excluding hydrogens is 246 g/mol. The van der Waals surface area contributed by atoms with Crippen molar-refractivity contribution in [3.05, 3.63) is 48.6 Å². The smallest absolute Gasteiger partial charge is 0.191 e. The van der Waals surface area contributed by atoms with Crippen molar-refractivity contribution in [1.29, 1.82) is 0 Å². The molecule has 0 heterocycles. The van der Waals surface area contributed by atoms with Gasteiger partial charge in [0.05, 0.1) is 0 Å². The molecule has 0 atom stereocenters. The third-order valence-corrected chi connectivity index (χ3v) is 4.18. The van der Waals surface area contributed by atoms with Crippen molar-refractivity contribution in [2.45, 2.75) is 31.1 Å². The Bertz CT molecular complexity index is 445. The Kier molecular flexibility index (Phi) is 5.22. The fourth-order valence-electron chi connectivity index (χ4n) is 3.05. The van der Waals surface area contributed by atoms with Crippen LogP contribution in [0.3, 0.4) is 0 Å². The third kappa shape index (κ3) is 3.41. The highest BCUT2D eigenvalue weighted by Crippen LogP contribution is 2.40. The van der Waals surface area contributed by atoms with Crippen LogP contribution in [-0.4, -0.2) is 26.1 Å². The SMILES string of the molecule is C=CCNC(=NC)NCC1(c2ccccc2)CCCC1. The van der Waals surface area contributed by atoms with Gasteiger partial charge in [-0.05, 0) is 18.4 Å². The summed E-state index contributed by atoms with van der Waals surface area (Å²) in [6, 6.07) is 10.9. The molecule has 1 aliphatic rings. The van der Waals surface area contributed by atoms with Gasteiger partial charge in [0.2, 0.25) is 0 Å². The average Bonchev–Trinajstić information content (AvgIpc) is 2.98. The number of aliphatic imine (C=N–C) groups is 1. The van der Waals surface area contributed by atoms with Crippen LogP contribution < -0.4 is 10.6 Å². The van der Waals surface area contributed by atoms with Gasteiger partial charge in [-0.3, -0.25) is 4.99 Å². The Morgan fingerprint density at radius 2 is 1.95 bits per heavy atom. The molecule has 0 amide bonds. The molecule has 2 rings (SSSR count). The second-order valence-electron chi connectivity index (χ2n) is 5.45. The number of guanidine groups is 1. The predicted octanol–water partition coefficient (Wildman–Crippen LogP) is 2.85. The van der Waals surface area contributed by atoms with Crippen molar-refractivity contribution in [2.24, 2.45) is 4.99 Å². The summed E-state index contributed by atoms with van der Waals surface area (Å²) in [5, 5.41) is 6.71. The Morgan fingerprint density at radius 3 is 2.55 bits per heavy atom. The van der Waals surface area contributed by atoms with Gasteiger partial charge in [-0.15, -0.1) is 6.58 Å². The summed E-state index contributed by atoms with van der Waals surface area (Å²) in [6.45, 7) is 5.39. The average molecular weight is 271 g/mol. The summed E-state index contributed by atoms with van der Waals surface area (Å²) in [5.74, 6) is 0.854. The lowest BCUT2D eigenvalue weighted by Crippen LogP contribution is -2.44. The van der Waals surface area contributed by atoms with E-state index in [1.54, 1.807) is 0 Å². The highest BCUT2D eigenvalue weighted by Gasteiger charge is 2.35. The Hall–Kier alpha value is -1.77. The first-order valence-electron chi connectivity index (χ1n) is 7.42. The van der Waals surface area contributed by atoms with Crippen LogP contribution in [0.4, 0.5) is 0 Å². The van der Waals surface area contributed by atoms with Crippen molar-refractivity contribution in [2.75, 3.05) is 20.1 Å². The highest BCUT2D eigenvalue weighted by atomic mass is 15.2. The van der Waals surface area contributed by atoms with E-state index < -0.39 is 0 Å². The van der Waals surface area contributed by atoms with Gasteiger partial charge in [0.25, 0.3) is 0 Å². The molecule has 0 unspecified atom stereocenters. The van der Waals surface area contributed by atoms with E-state index in [1.807, 2.05) is 13.1 Å². The lowest BCUT2D eigenvalue weighted by molar-refractivity contribution is 0.432. The van der Waals surface area contributed by atoms with Crippen molar-refractivity contribution >= 4 is 5.96 Å². The minimum Gasteiger partial charge on any atom is -0.356 e. The summed E-state index contributed by atoms with van der Waals surface area (Å²) in [7, 11) is 1.81. The largest absolute Gasteiger partial charge is 0.356 e. The van der Waals surface area contributed by atoms with Crippen molar-refractivity contribution in [3.63, 3.8) is 0 Å². The van der Waals surface area contributed by atoms with E-state index in [0.29, 0.717) is 0 Å². The molecule has 3 heteroatoms. The first-order chi connectivity index (χ1) is 9.80. The van der Waals surface area contributed by atoms with E-state index in [2.05, 4.69) is 52.5 Å². The summed E-state index contributed by atoms with van der Waals surface area (Å²) in [5.41, 5.74) is 1.71. The monoisotopic (exact) mass is 271 g/mol. The molecule has 0 aromatic heterocycles. The molecule has 0 spiro atoms. The van der Waals surface area contributed by atoms with Gasteiger partial charge >= 0.3 is 0 Å². The molecule has 0 saturated heterocycles. The van der Waals surface area contributed by atoms with E-state index in [1.165, 1.54) is 31.2 Å². The fraction of sp³-hybridized carbons (Fsp3) is 0.471. The van der Waals surface area contributed by atoms with Gasteiger partial charge in [0.15, 0.2) is 5.96 Å². The van der Waals surface area contributed by atoms with Gasteiger partial charge in [-0.25, -0.2) is 0 Å². The van der Waals surface area contributed by atoms with Crippen molar-refractivity contribution in [3.8, 4) is 0 Å². The van der Waals surface area contributed by atoms with Crippen LogP contribution in [0.5, 0.6) is 0 Å². The number of nitrogens with one attached hydrogen (secondary N) is 2. The van der Waals surface area contributed by atoms with Gasteiger partial charge < -0.3 is 10.6 Å². The first kappa shape index (κ1) is 14.6. The van der Waals surface area contributed by atoms with E-state index in [0.717, 1.165) is 19.0 Å². The van der Waals surface area contributed by atoms with E-state index in [-0.39, 0.29) is 5.41 Å². The zero-order chi connectivity index (χ0) is 14.3. The van der Waals surface area contributed by atoms with Crippen LogP contribution >= 0.6 is 0 Å². The second-order valence-corrected chi connectivity index (χ2v) is 5.45. The van der Waals surface area contributed by atoms with Crippen LogP contribution in [0.2, 0.25) is 0 Å². The summed E-state index contributed by atoms with van der Waals surface area (Å²) >= 11 is 0. The molecule has 2 N–H and O–H groups in total. The molecule has 1 aromatic carbocycles. The minimum absolute atomic E-state index is 0.257. The maximum absolute atomic E-state index is 4.26. The van der Waals surface area contributed by atoms with Crippen LogP contribution in [0.1, 0.15) is 31.2 Å². The first-order valence-corrected chi connectivity index (χ1v) is 7.42. The summed E-state index contributed by atoms with van der Waals surface area (Å²) in [6.07, 6.45) is 6.98. The standard InChI is InChI=1S/C17H25N3/c1-3-13-19-16(18-2)20-14-17(11-7-8-12-17)15-9-5-4-6-10-15/h3-6,9-10H,1,7-8,11-14H2,2H3,(H2,18,19,20). The van der Waals surface area contributed by atoms with Crippen LogP contribution in [0, 0.1) is 0 Å². The number of benzene rings is 1. The molecule has 1 fully saturated rings. The molecule has 0 radical (unpaired) electrons. The van der Waals surface area contributed by atoms with Crippen molar-refractivity contribution in [1.82, 2.24) is 10.6 Å². The highest BCUT2D eigenvalue weighted by molar-refractivity contribution is 5.79. The summed E-state index contributed by atoms with van der Waals surface area (Å²) in [4.78, 5) is 4.26. The number of rotatable bonds is 5. The second kappa shape index (κ2) is 7.13. The molecule has 20 heavy (non-hydrogen) atoms. The normalized spacial score (nSPS) is 17.8. The zero-order valence-electron chi connectivity index (χ0n) is 12.4. The van der Waals surface area contributed by atoms with Gasteiger partial charge in [0.1, 0.15) is 0 Å². The zero-order valence-corrected chi connectivity index (χ0v) is 12.4. The molecule has 1 saturated carbocycles. The predicted molar refractivity (Wildman–Crippen MR) is 86.1 cm³/mol. The number of hydrogen-bond acceptors (Lipinski definition) is 1. The maximum Gasteiger partial charge on any atom is 0.191 e. The molecule has 3 nitrogen and oxygen atoms in total. The third-order valence-electron chi connectivity index (χ3n) is 4.18. The number of nitrogens with zero attached hydrogens (tertiary/aromatic N) is 1. The Labute approximate surface area is 122 Å². The molecule has 0 bridgehead atoms. The molecule has 0 aliphatic heterocycles. The van der Waals surface area contributed by atoms with E-state index >= 15 is 0 Å². The molecule has 1 aliphatic carbocycles. The lowest BCUT2D eigenvalue weighted by atomic mass is 9.79. The molecule has 108 valence electrons. The van der Waals surface area contributed by atoms with Crippen molar-refractivity contribution < 1.29 is 0 Å². The van der Waals surface area contributed by atoms with E-state index in [4.69, 9.17) is 0 Å². The lowest BCUT2D eigenvalue weighted by Gasteiger charge is -2.30. The maximum atomic E-state index is 4.26.